The van der Waals surface area contributed by atoms with Crippen LogP contribution in [0.1, 0.15) is 17.0 Å². The number of hydrogen-bond acceptors (Lipinski definition) is 6. The highest BCUT2D eigenvalue weighted by Crippen LogP contribution is 2.21. The number of nitrogens with one attached hydrogen (secondary N) is 1. The molecule has 7 nitrogen and oxygen atoms in total. The van der Waals surface area contributed by atoms with Gasteiger partial charge >= 0.3 is 0 Å². The Morgan fingerprint density at radius 2 is 1.89 bits per heavy atom. The van der Waals surface area contributed by atoms with Gasteiger partial charge in [0.05, 0.1) is 18.9 Å². The van der Waals surface area contributed by atoms with Crippen molar-refractivity contribution in [3.05, 3.63) is 50.1 Å². The fraction of sp³-hybridized carbons (Fsp3) is 0.368. The maximum atomic E-state index is 12.8. The number of H-pyrrole nitrogens is 1. The maximum absolute atomic E-state index is 12.8. The van der Waals surface area contributed by atoms with Crippen LogP contribution in [0.15, 0.2) is 23.0 Å². The molecule has 1 N–H and O–H groups in total. The van der Waals surface area contributed by atoms with Crippen molar-refractivity contribution in [3.8, 4) is 5.69 Å². The third-order valence-corrected chi connectivity index (χ3v) is 5.19. The van der Waals surface area contributed by atoms with Crippen molar-refractivity contribution < 1.29 is 4.74 Å². The van der Waals surface area contributed by atoms with E-state index in [-0.39, 0.29) is 5.56 Å². The van der Waals surface area contributed by atoms with Crippen LogP contribution < -0.4 is 10.5 Å². The molecule has 0 amide bonds. The zero-order valence-corrected chi connectivity index (χ0v) is 16.4. The van der Waals surface area contributed by atoms with E-state index in [9.17, 15) is 4.79 Å². The number of morpholine rings is 1. The van der Waals surface area contributed by atoms with Gasteiger partial charge in [0.15, 0.2) is 5.65 Å². The molecule has 0 unspecified atom stereocenters. The molecule has 0 spiro atoms. The van der Waals surface area contributed by atoms with Crippen LogP contribution in [0.25, 0.3) is 16.7 Å². The molecular weight excluding hydrogens is 362 g/mol. The van der Waals surface area contributed by atoms with Gasteiger partial charge in [-0.15, -0.1) is 0 Å². The number of benzene rings is 1. The number of ether oxygens (including phenoxy) is 1. The molecule has 2 aromatic heterocycles. The molecule has 140 valence electrons. The Bertz CT molecular complexity index is 1150. The second-order valence-electron chi connectivity index (χ2n) is 6.78. The molecule has 1 aliphatic rings. The number of hydrogen-bond donors (Lipinski definition) is 1. The minimum Gasteiger partial charge on any atom is -0.378 e. The normalized spacial score (nSPS) is 14.7. The van der Waals surface area contributed by atoms with E-state index in [1.807, 2.05) is 42.4 Å². The monoisotopic (exact) mass is 383 g/mol. The number of rotatable bonds is 2. The fourth-order valence-corrected chi connectivity index (χ4v) is 3.86. The number of aromatic nitrogens is 4. The number of anilines is 1. The number of aromatic amines is 1. The molecule has 27 heavy (non-hydrogen) atoms. The quantitative estimate of drug-likeness (QED) is 0.686. The molecule has 1 saturated heterocycles. The predicted molar refractivity (Wildman–Crippen MR) is 108 cm³/mol. The summed E-state index contributed by atoms with van der Waals surface area (Å²) in [6.07, 6.45) is 0. The topological polar surface area (TPSA) is 76.0 Å². The zero-order valence-electron chi connectivity index (χ0n) is 15.6. The molecule has 4 rings (SSSR count). The van der Waals surface area contributed by atoms with Crippen LogP contribution in [0.5, 0.6) is 0 Å². The van der Waals surface area contributed by atoms with Crippen molar-refractivity contribution in [1.82, 2.24) is 19.5 Å². The fourth-order valence-electron chi connectivity index (χ4n) is 3.45. The minimum atomic E-state index is -0.266. The predicted octanol–water partition coefficient (Wildman–Crippen LogP) is 2.60. The summed E-state index contributed by atoms with van der Waals surface area (Å²) in [4.78, 5) is 26.9. The molecule has 1 aromatic carbocycles. The van der Waals surface area contributed by atoms with Crippen molar-refractivity contribution >= 4 is 29.2 Å². The number of fused-ring (bicyclic) bond motifs is 1. The van der Waals surface area contributed by atoms with E-state index >= 15 is 0 Å². The van der Waals surface area contributed by atoms with Crippen molar-refractivity contribution in [2.75, 3.05) is 31.2 Å². The molecule has 0 bridgehead atoms. The Labute approximate surface area is 161 Å². The molecule has 1 fully saturated rings. The lowest BCUT2D eigenvalue weighted by Crippen LogP contribution is -2.38. The maximum Gasteiger partial charge on any atom is 0.264 e. The van der Waals surface area contributed by atoms with Gasteiger partial charge in [-0.05, 0) is 32.4 Å². The van der Waals surface area contributed by atoms with Crippen molar-refractivity contribution in [1.29, 1.82) is 0 Å². The van der Waals surface area contributed by atoms with Crippen molar-refractivity contribution in [3.63, 3.8) is 0 Å². The second-order valence-corrected chi connectivity index (χ2v) is 7.16. The molecule has 0 aliphatic carbocycles. The lowest BCUT2D eigenvalue weighted by Gasteiger charge is -2.27. The Morgan fingerprint density at radius 3 is 2.59 bits per heavy atom. The van der Waals surface area contributed by atoms with Gasteiger partial charge in [-0.25, -0.2) is 4.98 Å². The lowest BCUT2D eigenvalue weighted by atomic mass is 10.1. The Morgan fingerprint density at radius 1 is 1.15 bits per heavy atom. The molecular formula is C19H21N5O2S. The highest BCUT2D eigenvalue weighted by molar-refractivity contribution is 7.71. The van der Waals surface area contributed by atoms with Crippen LogP contribution in [0.3, 0.4) is 0 Å². The highest BCUT2D eigenvalue weighted by atomic mass is 32.1. The van der Waals surface area contributed by atoms with Crippen LogP contribution in [-0.2, 0) is 4.74 Å². The van der Waals surface area contributed by atoms with Gasteiger partial charge in [-0.3, -0.25) is 14.3 Å². The zero-order chi connectivity index (χ0) is 19.1. The Hall–Kier alpha value is -2.58. The van der Waals surface area contributed by atoms with Crippen molar-refractivity contribution in [2.45, 2.75) is 20.8 Å². The van der Waals surface area contributed by atoms with E-state index in [1.54, 1.807) is 0 Å². The van der Waals surface area contributed by atoms with Crippen LogP contribution in [-0.4, -0.2) is 45.8 Å². The van der Waals surface area contributed by atoms with Crippen molar-refractivity contribution in [2.24, 2.45) is 0 Å². The highest BCUT2D eigenvalue weighted by Gasteiger charge is 2.18. The standard InChI is InChI=1S/C19H21N5O2S/c1-11-4-5-14(12(2)10-11)24-13(3)20-16-15(18(24)27)17(25)22-19(21-16)23-6-8-26-9-7-23/h4-5,10H,6-9H2,1-3H3,(H,21,22,25). The summed E-state index contributed by atoms with van der Waals surface area (Å²) in [5, 5.41) is 0.340. The van der Waals surface area contributed by atoms with E-state index < -0.39 is 0 Å². The summed E-state index contributed by atoms with van der Waals surface area (Å²) in [5.41, 5.74) is 3.28. The smallest absolute Gasteiger partial charge is 0.264 e. The van der Waals surface area contributed by atoms with Crippen LogP contribution in [0.4, 0.5) is 5.95 Å². The summed E-state index contributed by atoms with van der Waals surface area (Å²) in [5.74, 6) is 1.21. The third kappa shape index (κ3) is 3.15. The molecule has 0 atom stereocenters. The van der Waals surface area contributed by atoms with Crippen LogP contribution in [0.2, 0.25) is 0 Å². The molecule has 3 aromatic rings. The van der Waals surface area contributed by atoms with Crippen LogP contribution >= 0.6 is 12.2 Å². The van der Waals surface area contributed by atoms with Gasteiger partial charge in [-0.1, -0.05) is 29.9 Å². The molecule has 8 heteroatoms. The summed E-state index contributed by atoms with van der Waals surface area (Å²) >= 11 is 5.67. The molecule has 3 heterocycles. The molecule has 1 aliphatic heterocycles. The van der Waals surface area contributed by atoms with Gasteiger partial charge < -0.3 is 9.64 Å². The van der Waals surface area contributed by atoms with E-state index in [1.165, 1.54) is 5.56 Å². The van der Waals surface area contributed by atoms with E-state index in [4.69, 9.17) is 17.0 Å². The first kappa shape index (κ1) is 17.8. The minimum absolute atomic E-state index is 0.266. The molecule has 0 radical (unpaired) electrons. The van der Waals surface area contributed by atoms with Gasteiger partial charge in [0.2, 0.25) is 5.95 Å². The van der Waals surface area contributed by atoms with Crippen LogP contribution in [0, 0.1) is 25.4 Å². The molecule has 0 saturated carbocycles. The summed E-state index contributed by atoms with van der Waals surface area (Å²) < 4.78 is 7.63. The first-order valence-electron chi connectivity index (χ1n) is 8.89. The Balaban J connectivity index is 1.93. The number of aryl methyl sites for hydroxylation is 3. The SMILES string of the molecule is Cc1ccc(-n2c(C)nc3nc(N4CCOCC4)[nH]c(=O)c3c2=S)c(C)c1. The van der Waals surface area contributed by atoms with E-state index in [0.29, 0.717) is 53.8 Å². The van der Waals surface area contributed by atoms with Gasteiger partial charge in [0.1, 0.15) is 15.9 Å². The summed E-state index contributed by atoms with van der Waals surface area (Å²) in [6.45, 7) is 8.55. The van der Waals surface area contributed by atoms with Gasteiger partial charge in [0, 0.05) is 13.1 Å². The second kappa shape index (κ2) is 6.86. The van der Waals surface area contributed by atoms with Gasteiger partial charge in [-0.2, -0.15) is 4.98 Å². The van der Waals surface area contributed by atoms with E-state index in [2.05, 4.69) is 21.0 Å². The summed E-state index contributed by atoms with van der Waals surface area (Å²) in [6, 6.07) is 6.12. The first-order chi connectivity index (χ1) is 13.0. The summed E-state index contributed by atoms with van der Waals surface area (Å²) in [7, 11) is 0. The largest absolute Gasteiger partial charge is 0.378 e. The average Bonchev–Trinajstić information content (AvgIpc) is 2.63. The van der Waals surface area contributed by atoms with Gasteiger partial charge in [0.25, 0.3) is 5.56 Å². The average molecular weight is 383 g/mol. The first-order valence-corrected chi connectivity index (χ1v) is 9.30. The number of nitrogens with zero attached hydrogens (tertiary/aromatic N) is 4. The lowest BCUT2D eigenvalue weighted by molar-refractivity contribution is 0.122. The van der Waals surface area contributed by atoms with E-state index in [0.717, 1.165) is 11.3 Å². The third-order valence-electron chi connectivity index (χ3n) is 4.80. The Kier molecular flexibility index (Phi) is 4.53.